The van der Waals surface area contributed by atoms with Crippen LogP contribution in [0.4, 0.5) is 5.82 Å². The SMILES string of the molecule is Cc1cc(C(=O)N2CC3CN(c4cc(C5CC5)ncn4)CC3C2)nn1C. The van der Waals surface area contributed by atoms with Gasteiger partial charge in [-0.25, -0.2) is 9.97 Å². The van der Waals surface area contributed by atoms with Crippen LogP contribution >= 0.6 is 0 Å². The Balaban J connectivity index is 1.26. The predicted octanol–water partition coefficient (Wildman–Crippen LogP) is 1.60. The van der Waals surface area contributed by atoms with Crippen LogP contribution in [0.1, 0.15) is 40.6 Å². The lowest BCUT2D eigenvalue weighted by molar-refractivity contribution is 0.0776. The van der Waals surface area contributed by atoms with Gasteiger partial charge in [-0.15, -0.1) is 0 Å². The zero-order valence-corrected chi connectivity index (χ0v) is 15.3. The summed E-state index contributed by atoms with van der Waals surface area (Å²) in [7, 11) is 1.88. The van der Waals surface area contributed by atoms with Crippen LogP contribution in [0, 0.1) is 18.8 Å². The number of amides is 1. The Labute approximate surface area is 153 Å². The van der Waals surface area contributed by atoms with E-state index in [-0.39, 0.29) is 5.91 Å². The monoisotopic (exact) mass is 352 g/mol. The summed E-state index contributed by atoms with van der Waals surface area (Å²) >= 11 is 0. The molecule has 3 fully saturated rings. The van der Waals surface area contributed by atoms with Crippen molar-refractivity contribution in [2.75, 3.05) is 31.1 Å². The molecule has 5 rings (SSSR count). The molecule has 7 heteroatoms. The molecule has 1 saturated carbocycles. The molecular formula is C19H24N6O. The number of likely N-dealkylation sites (tertiary alicyclic amines) is 1. The Kier molecular flexibility index (Phi) is 3.52. The topological polar surface area (TPSA) is 67.2 Å². The Morgan fingerprint density at radius 2 is 1.81 bits per heavy atom. The van der Waals surface area contributed by atoms with Gasteiger partial charge in [0.2, 0.25) is 0 Å². The summed E-state index contributed by atoms with van der Waals surface area (Å²) in [6.07, 6.45) is 4.22. The number of hydrogen-bond donors (Lipinski definition) is 0. The van der Waals surface area contributed by atoms with E-state index in [9.17, 15) is 4.79 Å². The van der Waals surface area contributed by atoms with Gasteiger partial charge < -0.3 is 9.80 Å². The molecule has 1 aliphatic carbocycles. The molecule has 136 valence electrons. The lowest BCUT2D eigenvalue weighted by Crippen LogP contribution is -2.33. The van der Waals surface area contributed by atoms with Gasteiger partial charge in [0.15, 0.2) is 5.69 Å². The van der Waals surface area contributed by atoms with E-state index < -0.39 is 0 Å². The third kappa shape index (κ3) is 2.66. The number of rotatable bonds is 3. The second-order valence-electron chi connectivity index (χ2n) is 8.01. The lowest BCUT2D eigenvalue weighted by Gasteiger charge is -2.22. The first-order valence-corrected chi connectivity index (χ1v) is 9.45. The minimum Gasteiger partial charge on any atom is -0.356 e. The molecule has 4 heterocycles. The van der Waals surface area contributed by atoms with Gasteiger partial charge in [-0.3, -0.25) is 9.48 Å². The summed E-state index contributed by atoms with van der Waals surface area (Å²) in [5, 5.41) is 4.34. The second kappa shape index (κ2) is 5.79. The highest BCUT2D eigenvalue weighted by Crippen LogP contribution is 2.40. The van der Waals surface area contributed by atoms with Gasteiger partial charge in [0.1, 0.15) is 12.1 Å². The molecule has 2 saturated heterocycles. The van der Waals surface area contributed by atoms with Crippen molar-refractivity contribution in [2.45, 2.75) is 25.7 Å². The van der Waals surface area contributed by atoms with Crippen molar-refractivity contribution in [3.05, 3.63) is 35.5 Å². The first-order chi connectivity index (χ1) is 12.6. The van der Waals surface area contributed by atoms with Crippen molar-refractivity contribution in [3.8, 4) is 0 Å². The van der Waals surface area contributed by atoms with Gasteiger partial charge in [-0.05, 0) is 25.8 Å². The van der Waals surface area contributed by atoms with E-state index >= 15 is 0 Å². The zero-order valence-electron chi connectivity index (χ0n) is 15.3. The van der Waals surface area contributed by atoms with Crippen molar-refractivity contribution in [1.29, 1.82) is 0 Å². The molecule has 2 unspecified atom stereocenters. The molecule has 0 aromatic carbocycles. The van der Waals surface area contributed by atoms with E-state index in [0.29, 0.717) is 23.4 Å². The second-order valence-corrected chi connectivity index (χ2v) is 8.01. The van der Waals surface area contributed by atoms with Gasteiger partial charge in [-0.1, -0.05) is 0 Å². The van der Waals surface area contributed by atoms with E-state index in [2.05, 4.69) is 26.0 Å². The number of nitrogens with zero attached hydrogens (tertiary/aromatic N) is 6. The maximum absolute atomic E-state index is 12.7. The molecule has 2 aromatic heterocycles. The molecule has 0 spiro atoms. The van der Waals surface area contributed by atoms with E-state index in [1.165, 1.54) is 18.5 Å². The van der Waals surface area contributed by atoms with Crippen molar-refractivity contribution in [1.82, 2.24) is 24.6 Å². The number of anilines is 1. The fourth-order valence-corrected chi connectivity index (χ4v) is 4.31. The lowest BCUT2D eigenvalue weighted by atomic mass is 10.0. The van der Waals surface area contributed by atoms with Gasteiger partial charge in [-0.2, -0.15) is 5.10 Å². The highest BCUT2D eigenvalue weighted by atomic mass is 16.2. The zero-order chi connectivity index (χ0) is 17.8. The van der Waals surface area contributed by atoms with Gasteiger partial charge in [0.25, 0.3) is 5.91 Å². The molecule has 0 radical (unpaired) electrons. The highest BCUT2D eigenvalue weighted by Gasteiger charge is 2.42. The number of carbonyl (C=O) groups excluding carboxylic acids is 1. The van der Waals surface area contributed by atoms with Gasteiger partial charge >= 0.3 is 0 Å². The fraction of sp³-hybridized carbons (Fsp3) is 0.579. The molecule has 0 N–H and O–H groups in total. The van der Waals surface area contributed by atoms with Crippen LogP contribution in [0.25, 0.3) is 0 Å². The molecular weight excluding hydrogens is 328 g/mol. The Bertz CT molecular complexity index is 824. The van der Waals surface area contributed by atoms with E-state index in [1.807, 2.05) is 24.9 Å². The standard InChI is InChI=1S/C19H24N6O/c1-12-5-17(22-23(12)2)19(26)25-9-14-7-24(8-15(14)10-25)18-6-16(13-3-4-13)20-11-21-18/h5-6,11,13-15H,3-4,7-10H2,1-2H3. The molecule has 1 amide bonds. The normalized spacial score (nSPS) is 25.0. The van der Waals surface area contributed by atoms with E-state index in [0.717, 1.165) is 37.7 Å². The number of hydrogen-bond acceptors (Lipinski definition) is 5. The van der Waals surface area contributed by atoms with Crippen LogP contribution < -0.4 is 4.90 Å². The molecule has 7 nitrogen and oxygen atoms in total. The van der Waals surface area contributed by atoms with Crippen LogP contribution in [0.5, 0.6) is 0 Å². The van der Waals surface area contributed by atoms with Crippen LogP contribution in [-0.4, -0.2) is 56.7 Å². The summed E-state index contributed by atoms with van der Waals surface area (Å²) in [5.41, 5.74) is 2.76. The van der Waals surface area contributed by atoms with Crippen molar-refractivity contribution in [3.63, 3.8) is 0 Å². The molecule has 3 aliphatic rings. The van der Waals surface area contributed by atoms with Crippen molar-refractivity contribution < 1.29 is 4.79 Å². The minimum absolute atomic E-state index is 0.0627. The third-order valence-corrected chi connectivity index (χ3v) is 6.10. The first kappa shape index (κ1) is 15.8. The van der Waals surface area contributed by atoms with Crippen molar-refractivity contribution in [2.24, 2.45) is 18.9 Å². The van der Waals surface area contributed by atoms with E-state index in [4.69, 9.17) is 0 Å². The maximum atomic E-state index is 12.7. The van der Waals surface area contributed by atoms with Gasteiger partial charge in [0.05, 0.1) is 0 Å². The molecule has 2 atom stereocenters. The maximum Gasteiger partial charge on any atom is 0.274 e. The number of aryl methyl sites for hydroxylation is 2. The Morgan fingerprint density at radius 3 is 2.42 bits per heavy atom. The van der Waals surface area contributed by atoms with Crippen LogP contribution in [0.15, 0.2) is 18.5 Å². The summed E-state index contributed by atoms with van der Waals surface area (Å²) in [4.78, 5) is 26.0. The smallest absolute Gasteiger partial charge is 0.274 e. The average molecular weight is 352 g/mol. The highest BCUT2D eigenvalue weighted by molar-refractivity contribution is 5.92. The molecule has 2 aliphatic heterocycles. The van der Waals surface area contributed by atoms with Gasteiger partial charge in [0, 0.05) is 68.4 Å². The number of fused-ring (bicyclic) bond motifs is 1. The molecule has 2 aromatic rings. The molecule has 26 heavy (non-hydrogen) atoms. The van der Waals surface area contributed by atoms with Crippen LogP contribution in [-0.2, 0) is 7.05 Å². The number of aromatic nitrogens is 4. The first-order valence-electron chi connectivity index (χ1n) is 9.45. The minimum atomic E-state index is 0.0627. The van der Waals surface area contributed by atoms with Crippen LogP contribution in [0.2, 0.25) is 0 Å². The summed E-state index contributed by atoms with van der Waals surface area (Å²) in [6, 6.07) is 4.04. The van der Waals surface area contributed by atoms with Crippen LogP contribution in [0.3, 0.4) is 0 Å². The molecule has 0 bridgehead atoms. The van der Waals surface area contributed by atoms with E-state index in [1.54, 1.807) is 11.0 Å². The quantitative estimate of drug-likeness (QED) is 0.839. The summed E-state index contributed by atoms with van der Waals surface area (Å²) in [6.45, 7) is 5.54. The fourth-order valence-electron chi connectivity index (χ4n) is 4.31. The number of carbonyl (C=O) groups is 1. The average Bonchev–Trinajstić information content (AvgIpc) is 3.18. The largest absolute Gasteiger partial charge is 0.356 e. The Morgan fingerprint density at radius 1 is 1.08 bits per heavy atom. The summed E-state index contributed by atoms with van der Waals surface area (Å²) in [5.74, 6) is 2.79. The van der Waals surface area contributed by atoms with Crippen molar-refractivity contribution >= 4 is 11.7 Å². The third-order valence-electron chi connectivity index (χ3n) is 6.10. The summed E-state index contributed by atoms with van der Waals surface area (Å²) < 4.78 is 1.76. The predicted molar refractivity (Wildman–Crippen MR) is 97.0 cm³/mol. The Hall–Kier alpha value is -2.44.